The van der Waals surface area contributed by atoms with Crippen LogP contribution in [0.25, 0.3) is 0 Å². The molecular formula is C16H22N6O. The quantitative estimate of drug-likeness (QED) is 0.901. The lowest BCUT2D eigenvalue weighted by atomic mass is 9.94. The average molecular weight is 314 g/mol. The van der Waals surface area contributed by atoms with Gasteiger partial charge in [0.15, 0.2) is 0 Å². The molecule has 0 aromatic carbocycles. The summed E-state index contributed by atoms with van der Waals surface area (Å²) in [4.78, 5) is 23.0. The molecule has 1 fully saturated rings. The molecule has 0 bridgehead atoms. The summed E-state index contributed by atoms with van der Waals surface area (Å²) in [6, 6.07) is 3.72. The molecule has 3 N–H and O–H groups in total. The standard InChI is InChI=1S/C16H22N6O/c1-10(2)13-8-14(20-16(17)19-13)15(23)22-7-3-4-11(9-22)12-5-6-18-21-12/h5-6,8,10-11H,3-4,7,9H2,1-2H3,(H,18,21)(H2,17,19,20). The summed E-state index contributed by atoms with van der Waals surface area (Å²) in [5.74, 6) is 0.566. The molecule has 0 radical (unpaired) electrons. The van der Waals surface area contributed by atoms with E-state index in [0.717, 1.165) is 30.8 Å². The number of aromatic amines is 1. The molecule has 7 heteroatoms. The van der Waals surface area contributed by atoms with Gasteiger partial charge in [-0.15, -0.1) is 0 Å². The van der Waals surface area contributed by atoms with Crippen molar-refractivity contribution in [3.05, 3.63) is 35.4 Å². The van der Waals surface area contributed by atoms with Crippen molar-refractivity contribution in [3.8, 4) is 0 Å². The van der Waals surface area contributed by atoms with Gasteiger partial charge in [-0.25, -0.2) is 9.97 Å². The van der Waals surface area contributed by atoms with E-state index in [1.54, 1.807) is 12.3 Å². The highest BCUT2D eigenvalue weighted by molar-refractivity contribution is 5.92. The number of amides is 1. The largest absolute Gasteiger partial charge is 0.368 e. The number of nitrogens with zero attached hydrogens (tertiary/aromatic N) is 4. The Morgan fingerprint density at radius 1 is 1.43 bits per heavy atom. The summed E-state index contributed by atoms with van der Waals surface area (Å²) < 4.78 is 0. The van der Waals surface area contributed by atoms with Crippen molar-refractivity contribution in [2.45, 2.75) is 38.5 Å². The number of nitrogens with one attached hydrogen (secondary N) is 1. The Morgan fingerprint density at radius 2 is 2.26 bits per heavy atom. The molecule has 3 heterocycles. The normalized spacial score (nSPS) is 18.4. The van der Waals surface area contributed by atoms with Gasteiger partial charge in [0.2, 0.25) is 5.95 Å². The Kier molecular flexibility index (Phi) is 4.27. The second-order valence-corrected chi connectivity index (χ2v) is 6.29. The van der Waals surface area contributed by atoms with Crippen molar-refractivity contribution in [2.24, 2.45) is 0 Å². The smallest absolute Gasteiger partial charge is 0.272 e. The molecule has 2 aromatic heterocycles. The number of nitrogen functional groups attached to an aromatic ring is 1. The number of hydrogen-bond acceptors (Lipinski definition) is 5. The highest BCUT2D eigenvalue weighted by atomic mass is 16.2. The predicted octanol–water partition coefficient (Wildman–Crippen LogP) is 1.93. The Balaban J connectivity index is 1.80. The molecule has 1 aliphatic rings. The summed E-state index contributed by atoms with van der Waals surface area (Å²) >= 11 is 0. The fourth-order valence-corrected chi connectivity index (χ4v) is 2.96. The third-order valence-corrected chi connectivity index (χ3v) is 4.24. The van der Waals surface area contributed by atoms with E-state index in [9.17, 15) is 4.79 Å². The van der Waals surface area contributed by atoms with Gasteiger partial charge in [0.1, 0.15) is 5.69 Å². The fourth-order valence-electron chi connectivity index (χ4n) is 2.96. The predicted molar refractivity (Wildman–Crippen MR) is 87.0 cm³/mol. The van der Waals surface area contributed by atoms with Crippen molar-refractivity contribution in [3.63, 3.8) is 0 Å². The maximum Gasteiger partial charge on any atom is 0.272 e. The topological polar surface area (TPSA) is 101 Å². The number of carbonyl (C=O) groups excluding carboxylic acids is 1. The second-order valence-electron chi connectivity index (χ2n) is 6.29. The zero-order chi connectivity index (χ0) is 16.4. The molecule has 7 nitrogen and oxygen atoms in total. The number of carbonyl (C=O) groups is 1. The van der Waals surface area contributed by atoms with Crippen LogP contribution in [0.3, 0.4) is 0 Å². The molecule has 0 spiro atoms. The van der Waals surface area contributed by atoms with Crippen LogP contribution in [0.4, 0.5) is 5.95 Å². The number of hydrogen-bond donors (Lipinski definition) is 2. The molecule has 1 atom stereocenters. The Labute approximate surface area is 135 Å². The van der Waals surface area contributed by atoms with Gasteiger partial charge in [0.05, 0.1) is 0 Å². The zero-order valence-corrected chi connectivity index (χ0v) is 13.5. The molecule has 0 saturated carbocycles. The Bertz CT molecular complexity index is 682. The van der Waals surface area contributed by atoms with Crippen molar-refractivity contribution in [2.75, 3.05) is 18.8 Å². The van der Waals surface area contributed by atoms with Gasteiger partial charge in [0, 0.05) is 36.6 Å². The van der Waals surface area contributed by atoms with E-state index in [0.29, 0.717) is 18.2 Å². The van der Waals surface area contributed by atoms with E-state index in [1.165, 1.54) is 0 Å². The fraction of sp³-hybridized carbons (Fsp3) is 0.500. The minimum Gasteiger partial charge on any atom is -0.368 e. The number of anilines is 1. The molecule has 1 aliphatic heterocycles. The summed E-state index contributed by atoms with van der Waals surface area (Å²) in [5.41, 5.74) is 8.01. The van der Waals surface area contributed by atoms with E-state index in [2.05, 4.69) is 20.2 Å². The van der Waals surface area contributed by atoms with E-state index < -0.39 is 0 Å². The average Bonchev–Trinajstić information content (AvgIpc) is 3.08. The van der Waals surface area contributed by atoms with E-state index in [1.807, 2.05) is 24.8 Å². The molecule has 122 valence electrons. The number of H-pyrrole nitrogens is 1. The van der Waals surface area contributed by atoms with Gasteiger partial charge in [-0.2, -0.15) is 5.10 Å². The van der Waals surface area contributed by atoms with Crippen LogP contribution in [0.2, 0.25) is 0 Å². The van der Waals surface area contributed by atoms with Crippen LogP contribution >= 0.6 is 0 Å². The van der Waals surface area contributed by atoms with Crippen molar-refractivity contribution < 1.29 is 4.79 Å². The number of rotatable bonds is 3. The first-order valence-electron chi connectivity index (χ1n) is 7.97. The first-order chi connectivity index (χ1) is 11.0. The van der Waals surface area contributed by atoms with Crippen LogP contribution in [0.15, 0.2) is 18.3 Å². The number of aromatic nitrogens is 4. The van der Waals surface area contributed by atoms with Crippen molar-refractivity contribution in [1.29, 1.82) is 0 Å². The lowest BCUT2D eigenvalue weighted by Gasteiger charge is -2.32. The second kappa shape index (κ2) is 6.36. The minimum absolute atomic E-state index is 0.0785. The van der Waals surface area contributed by atoms with Gasteiger partial charge in [-0.3, -0.25) is 9.89 Å². The van der Waals surface area contributed by atoms with Gasteiger partial charge in [0.25, 0.3) is 5.91 Å². The first-order valence-corrected chi connectivity index (χ1v) is 7.97. The maximum atomic E-state index is 12.8. The number of likely N-dealkylation sites (tertiary alicyclic amines) is 1. The summed E-state index contributed by atoms with van der Waals surface area (Å²) in [6.07, 6.45) is 3.76. The van der Waals surface area contributed by atoms with Gasteiger partial charge in [-0.1, -0.05) is 13.8 Å². The first kappa shape index (κ1) is 15.5. The lowest BCUT2D eigenvalue weighted by molar-refractivity contribution is 0.0699. The van der Waals surface area contributed by atoms with Crippen LogP contribution < -0.4 is 5.73 Å². The molecule has 1 unspecified atom stereocenters. The highest BCUT2D eigenvalue weighted by Crippen LogP contribution is 2.26. The Hall–Kier alpha value is -2.44. The summed E-state index contributed by atoms with van der Waals surface area (Å²) in [5, 5.41) is 7.01. The maximum absolute atomic E-state index is 12.8. The van der Waals surface area contributed by atoms with Crippen molar-refractivity contribution in [1.82, 2.24) is 25.1 Å². The lowest BCUT2D eigenvalue weighted by Crippen LogP contribution is -2.39. The van der Waals surface area contributed by atoms with Crippen LogP contribution in [-0.2, 0) is 0 Å². The van der Waals surface area contributed by atoms with Gasteiger partial charge >= 0.3 is 0 Å². The SMILES string of the molecule is CC(C)c1cc(C(=O)N2CCCC(c3ccn[nH]3)C2)nc(N)n1. The summed E-state index contributed by atoms with van der Waals surface area (Å²) in [7, 11) is 0. The monoisotopic (exact) mass is 314 g/mol. The van der Waals surface area contributed by atoms with Crippen molar-refractivity contribution >= 4 is 11.9 Å². The number of nitrogens with two attached hydrogens (primary N) is 1. The van der Waals surface area contributed by atoms with E-state index in [4.69, 9.17) is 5.73 Å². The molecule has 0 aliphatic carbocycles. The molecule has 2 aromatic rings. The third-order valence-electron chi connectivity index (χ3n) is 4.24. The van der Waals surface area contributed by atoms with Crippen LogP contribution in [0.5, 0.6) is 0 Å². The van der Waals surface area contributed by atoms with Gasteiger partial charge in [-0.05, 0) is 30.9 Å². The molecule has 1 saturated heterocycles. The van der Waals surface area contributed by atoms with Crippen LogP contribution in [0.1, 0.15) is 60.4 Å². The molecule has 23 heavy (non-hydrogen) atoms. The Morgan fingerprint density at radius 3 is 2.96 bits per heavy atom. The highest BCUT2D eigenvalue weighted by Gasteiger charge is 2.27. The minimum atomic E-state index is -0.0785. The number of piperidine rings is 1. The van der Waals surface area contributed by atoms with Crippen LogP contribution in [-0.4, -0.2) is 44.1 Å². The molecular weight excluding hydrogens is 292 g/mol. The molecule has 3 rings (SSSR count). The van der Waals surface area contributed by atoms with E-state index in [-0.39, 0.29) is 17.8 Å². The van der Waals surface area contributed by atoms with Gasteiger partial charge < -0.3 is 10.6 Å². The molecule has 1 amide bonds. The third kappa shape index (κ3) is 3.33. The van der Waals surface area contributed by atoms with E-state index >= 15 is 0 Å². The zero-order valence-electron chi connectivity index (χ0n) is 13.5. The van der Waals surface area contributed by atoms with Crippen LogP contribution in [0, 0.1) is 0 Å². The summed E-state index contributed by atoms with van der Waals surface area (Å²) in [6.45, 7) is 5.45.